The molecule has 1 aliphatic heterocycles. The highest BCUT2D eigenvalue weighted by atomic mass is 15.2. The van der Waals surface area contributed by atoms with Gasteiger partial charge in [-0.05, 0) is 36.9 Å². The van der Waals surface area contributed by atoms with E-state index in [1.165, 1.54) is 24.2 Å². The van der Waals surface area contributed by atoms with E-state index < -0.39 is 0 Å². The van der Waals surface area contributed by atoms with Gasteiger partial charge in [0.2, 0.25) is 0 Å². The molecule has 1 fully saturated rings. The Morgan fingerprint density at radius 1 is 1.28 bits per heavy atom. The number of nitrogens with one attached hydrogen (secondary N) is 1. The van der Waals surface area contributed by atoms with Crippen LogP contribution in [-0.4, -0.2) is 26.2 Å². The number of piperidine rings is 1. The minimum absolute atomic E-state index is 0.596. The summed E-state index contributed by atoms with van der Waals surface area (Å²) >= 11 is 0. The third-order valence-corrected chi connectivity index (χ3v) is 4.18. The van der Waals surface area contributed by atoms with Crippen molar-refractivity contribution in [2.75, 3.05) is 25.0 Å². The smallest absolute Gasteiger partial charge is 0.0401 e. The minimum Gasteiger partial charge on any atom is -0.371 e. The maximum atomic E-state index is 3.44. The molecule has 100 valence electrons. The van der Waals surface area contributed by atoms with Crippen LogP contribution in [0.25, 0.3) is 0 Å². The molecule has 1 heterocycles. The van der Waals surface area contributed by atoms with Crippen LogP contribution in [0, 0.1) is 5.92 Å². The summed E-state index contributed by atoms with van der Waals surface area (Å²) in [5.41, 5.74) is 2.92. The van der Waals surface area contributed by atoms with Crippen molar-refractivity contribution >= 4 is 5.69 Å². The SMILES string of the molecule is CNC1CCN(c2ccccc2C(C)C)CC1C. The van der Waals surface area contributed by atoms with Crippen LogP contribution >= 0.6 is 0 Å². The molecule has 2 rings (SSSR count). The van der Waals surface area contributed by atoms with Gasteiger partial charge < -0.3 is 10.2 Å². The molecule has 2 nitrogen and oxygen atoms in total. The van der Waals surface area contributed by atoms with E-state index in [9.17, 15) is 0 Å². The van der Waals surface area contributed by atoms with E-state index in [1.54, 1.807) is 0 Å². The standard InChI is InChI=1S/C16H26N2/c1-12(2)14-7-5-6-8-16(14)18-10-9-15(17-4)13(3)11-18/h5-8,12-13,15,17H,9-11H2,1-4H3. The fourth-order valence-electron chi connectivity index (χ4n) is 3.06. The number of nitrogens with zero attached hydrogens (tertiary/aromatic N) is 1. The summed E-state index contributed by atoms with van der Waals surface area (Å²) in [7, 11) is 2.08. The third-order valence-electron chi connectivity index (χ3n) is 4.18. The Kier molecular flexibility index (Phi) is 4.28. The first-order chi connectivity index (χ1) is 8.63. The van der Waals surface area contributed by atoms with Crippen LogP contribution in [0.15, 0.2) is 24.3 Å². The molecule has 1 N–H and O–H groups in total. The number of anilines is 1. The maximum Gasteiger partial charge on any atom is 0.0401 e. The number of rotatable bonds is 3. The van der Waals surface area contributed by atoms with Crippen molar-refractivity contribution in [3.05, 3.63) is 29.8 Å². The van der Waals surface area contributed by atoms with Gasteiger partial charge in [0.05, 0.1) is 0 Å². The van der Waals surface area contributed by atoms with E-state index in [0.29, 0.717) is 17.9 Å². The maximum absolute atomic E-state index is 3.44. The number of benzene rings is 1. The Morgan fingerprint density at radius 3 is 2.61 bits per heavy atom. The molecule has 1 saturated heterocycles. The molecule has 0 aromatic heterocycles. The molecule has 2 heteroatoms. The van der Waals surface area contributed by atoms with Gasteiger partial charge in [-0.15, -0.1) is 0 Å². The average Bonchev–Trinajstić information content (AvgIpc) is 2.38. The molecule has 2 unspecified atom stereocenters. The Hall–Kier alpha value is -1.02. The third kappa shape index (κ3) is 2.69. The van der Waals surface area contributed by atoms with E-state index in [-0.39, 0.29) is 0 Å². The molecule has 18 heavy (non-hydrogen) atoms. The monoisotopic (exact) mass is 246 g/mol. The van der Waals surface area contributed by atoms with Crippen molar-refractivity contribution in [2.45, 2.75) is 39.2 Å². The predicted molar refractivity (Wildman–Crippen MR) is 79.4 cm³/mol. The van der Waals surface area contributed by atoms with Gasteiger partial charge in [-0.25, -0.2) is 0 Å². The summed E-state index contributed by atoms with van der Waals surface area (Å²) < 4.78 is 0. The van der Waals surface area contributed by atoms with Gasteiger partial charge >= 0.3 is 0 Å². The van der Waals surface area contributed by atoms with Gasteiger partial charge in [0.1, 0.15) is 0 Å². The lowest BCUT2D eigenvalue weighted by Gasteiger charge is -2.39. The Bertz CT molecular complexity index is 386. The van der Waals surface area contributed by atoms with Crippen LogP contribution in [0.1, 0.15) is 38.7 Å². The molecule has 0 spiro atoms. The second kappa shape index (κ2) is 5.75. The van der Waals surface area contributed by atoms with Crippen molar-refractivity contribution in [3.8, 4) is 0 Å². The van der Waals surface area contributed by atoms with E-state index in [4.69, 9.17) is 0 Å². The molecular formula is C16H26N2. The molecule has 0 saturated carbocycles. The lowest BCUT2D eigenvalue weighted by molar-refractivity contribution is 0.338. The topological polar surface area (TPSA) is 15.3 Å². The van der Waals surface area contributed by atoms with Crippen LogP contribution in [0.5, 0.6) is 0 Å². The van der Waals surface area contributed by atoms with Gasteiger partial charge in [0.15, 0.2) is 0 Å². The van der Waals surface area contributed by atoms with Crippen LogP contribution in [0.4, 0.5) is 5.69 Å². The summed E-state index contributed by atoms with van der Waals surface area (Å²) in [6.07, 6.45) is 1.24. The second-order valence-electron chi connectivity index (χ2n) is 5.82. The minimum atomic E-state index is 0.596. The van der Waals surface area contributed by atoms with Crippen molar-refractivity contribution in [1.82, 2.24) is 5.32 Å². The van der Waals surface area contributed by atoms with Crippen molar-refractivity contribution in [3.63, 3.8) is 0 Å². The molecular weight excluding hydrogens is 220 g/mol. The van der Waals surface area contributed by atoms with Crippen LogP contribution in [0.2, 0.25) is 0 Å². The van der Waals surface area contributed by atoms with Gasteiger partial charge in [0.25, 0.3) is 0 Å². The molecule has 1 aromatic rings. The molecule has 1 aromatic carbocycles. The van der Waals surface area contributed by atoms with Gasteiger partial charge in [-0.2, -0.15) is 0 Å². The predicted octanol–water partition coefficient (Wildman–Crippen LogP) is 3.24. The molecule has 2 atom stereocenters. The number of para-hydroxylation sites is 1. The van der Waals surface area contributed by atoms with E-state index in [2.05, 4.69) is 62.3 Å². The quantitative estimate of drug-likeness (QED) is 0.881. The zero-order valence-corrected chi connectivity index (χ0v) is 12.1. The first-order valence-corrected chi connectivity index (χ1v) is 7.14. The lowest BCUT2D eigenvalue weighted by Crippen LogP contribution is -2.47. The summed E-state index contributed by atoms with van der Waals surface area (Å²) in [4.78, 5) is 2.56. The van der Waals surface area contributed by atoms with Crippen LogP contribution in [-0.2, 0) is 0 Å². The van der Waals surface area contributed by atoms with E-state index in [1.807, 2.05) is 0 Å². The first kappa shape index (κ1) is 13.4. The molecule has 0 aliphatic carbocycles. The van der Waals surface area contributed by atoms with E-state index >= 15 is 0 Å². The summed E-state index contributed by atoms with van der Waals surface area (Å²) in [6, 6.07) is 9.54. The fraction of sp³-hybridized carbons (Fsp3) is 0.625. The van der Waals surface area contributed by atoms with Crippen molar-refractivity contribution in [1.29, 1.82) is 0 Å². The van der Waals surface area contributed by atoms with Crippen LogP contribution < -0.4 is 10.2 Å². The average molecular weight is 246 g/mol. The summed E-state index contributed by atoms with van der Waals surface area (Å²) in [5.74, 6) is 1.31. The van der Waals surface area contributed by atoms with Crippen LogP contribution in [0.3, 0.4) is 0 Å². The van der Waals surface area contributed by atoms with Gasteiger partial charge in [0, 0.05) is 24.8 Å². The normalized spacial score (nSPS) is 24.6. The first-order valence-electron chi connectivity index (χ1n) is 7.14. The van der Waals surface area contributed by atoms with Crippen molar-refractivity contribution < 1.29 is 0 Å². The number of hydrogen-bond acceptors (Lipinski definition) is 2. The Balaban J connectivity index is 2.18. The van der Waals surface area contributed by atoms with Gasteiger partial charge in [-0.1, -0.05) is 39.0 Å². The molecule has 0 amide bonds. The highest BCUT2D eigenvalue weighted by Crippen LogP contribution is 2.30. The Morgan fingerprint density at radius 2 is 2.00 bits per heavy atom. The lowest BCUT2D eigenvalue weighted by atomic mass is 9.92. The number of hydrogen-bond donors (Lipinski definition) is 1. The zero-order chi connectivity index (χ0) is 13.1. The highest BCUT2D eigenvalue weighted by molar-refractivity contribution is 5.55. The summed E-state index contributed by atoms with van der Waals surface area (Å²) in [5, 5.41) is 3.44. The highest BCUT2D eigenvalue weighted by Gasteiger charge is 2.26. The second-order valence-corrected chi connectivity index (χ2v) is 5.82. The van der Waals surface area contributed by atoms with E-state index in [0.717, 1.165) is 6.54 Å². The summed E-state index contributed by atoms with van der Waals surface area (Å²) in [6.45, 7) is 9.24. The molecule has 0 bridgehead atoms. The molecule has 0 radical (unpaired) electrons. The Labute approximate surface area is 111 Å². The zero-order valence-electron chi connectivity index (χ0n) is 12.1. The van der Waals surface area contributed by atoms with Crippen molar-refractivity contribution in [2.24, 2.45) is 5.92 Å². The largest absolute Gasteiger partial charge is 0.371 e. The van der Waals surface area contributed by atoms with Gasteiger partial charge in [-0.3, -0.25) is 0 Å². The molecule has 1 aliphatic rings. The fourth-order valence-corrected chi connectivity index (χ4v) is 3.06.